The first-order valence-corrected chi connectivity index (χ1v) is 9.53. The van der Waals surface area contributed by atoms with Crippen LogP contribution in [0.25, 0.3) is 0 Å². The van der Waals surface area contributed by atoms with Crippen molar-refractivity contribution in [1.82, 2.24) is 0 Å². The molecule has 0 aliphatic heterocycles. The average molecular weight is 386 g/mol. The lowest BCUT2D eigenvalue weighted by Gasteiger charge is -2.07. The molecule has 0 aliphatic carbocycles. The molecule has 26 heavy (non-hydrogen) atoms. The van der Waals surface area contributed by atoms with E-state index in [2.05, 4.69) is 19.2 Å². The predicted molar refractivity (Wildman–Crippen MR) is 109 cm³/mol. The molecule has 3 nitrogen and oxygen atoms in total. The molecule has 3 aromatic rings. The van der Waals surface area contributed by atoms with E-state index in [1.807, 2.05) is 48.7 Å². The number of anilines is 1. The van der Waals surface area contributed by atoms with Crippen LogP contribution in [-0.2, 0) is 6.61 Å². The zero-order valence-electron chi connectivity index (χ0n) is 14.9. The summed E-state index contributed by atoms with van der Waals surface area (Å²) >= 11 is 7.50. The van der Waals surface area contributed by atoms with Gasteiger partial charge in [0.15, 0.2) is 0 Å². The minimum absolute atomic E-state index is 0.146. The maximum atomic E-state index is 12.4. The highest BCUT2D eigenvalue weighted by molar-refractivity contribution is 7.12. The van der Waals surface area contributed by atoms with Crippen LogP contribution in [0.3, 0.4) is 0 Å². The molecule has 1 heterocycles. The van der Waals surface area contributed by atoms with Gasteiger partial charge in [-0.2, -0.15) is 0 Å². The lowest BCUT2D eigenvalue weighted by atomic mass is 10.1. The number of hydrogen-bond acceptors (Lipinski definition) is 3. The molecule has 1 N–H and O–H groups in total. The van der Waals surface area contributed by atoms with E-state index >= 15 is 0 Å². The number of amides is 1. The van der Waals surface area contributed by atoms with Crippen molar-refractivity contribution in [2.45, 2.75) is 27.4 Å². The van der Waals surface area contributed by atoms with E-state index in [0.717, 1.165) is 16.9 Å². The van der Waals surface area contributed by atoms with Gasteiger partial charge in [-0.3, -0.25) is 4.79 Å². The molecular formula is C21H20ClNO2S. The molecule has 0 unspecified atom stereocenters. The van der Waals surface area contributed by atoms with Gasteiger partial charge in [-0.1, -0.05) is 23.7 Å². The van der Waals surface area contributed by atoms with Crippen molar-refractivity contribution in [3.63, 3.8) is 0 Å². The molecule has 0 atom stereocenters. The lowest BCUT2D eigenvalue weighted by molar-refractivity contribution is 0.103. The van der Waals surface area contributed by atoms with Gasteiger partial charge in [0.05, 0.1) is 4.88 Å². The summed E-state index contributed by atoms with van der Waals surface area (Å²) in [5, 5.41) is 5.45. The first kappa shape index (κ1) is 18.5. The fourth-order valence-electron chi connectivity index (χ4n) is 2.40. The van der Waals surface area contributed by atoms with Crippen LogP contribution in [0, 0.1) is 20.8 Å². The topological polar surface area (TPSA) is 38.3 Å². The van der Waals surface area contributed by atoms with Gasteiger partial charge in [-0.25, -0.2) is 0 Å². The Bertz CT molecular complexity index is 949. The molecule has 0 aliphatic rings. The Morgan fingerprint density at radius 1 is 1.04 bits per heavy atom. The molecule has 0 spiro atoms. The van der Waals surface area contributed by atoms with Crippen molar-refractivity contribution >= 4 is 34.5 Å². The summed E-state index contributed by atoms with van der Waals surface area (Å²) < 4.78 is 5.83. The zero-order chi connectivity index (χ0) is 18.7. The van der Waals surface area contributed by atoms with Crippen molar-refractivity contribution in [2.24, 2.45) is 0 Å². The van der Waals surface area contributed by atoms with Gasteiger partial charge >= 0.3 is 0 Å². The molecule has 0 radical (unpaired) electrons. The van der Waals surface area contributed by atoms with E-state index in [0.29, 0.717) is 22.2 Å². The van der Waals surface area contributed by atoms with Gasteiger partial charge < -0.3 is 10.1 Å². The Balaban J connectivity index is 1.62. The summed E-state index contributed by atoms with van der Waals surface area (Å²) in [6, 6.07) is 13.4. The highest BCUT2D eigenvalue weighted by Crippen LogP contribution is 2.23. The SMILES string of the molecule is Cc1ccc(OCc2csc(C(=O)Nc3ccc(C)c(Cl)c3)c2)cc1C. The molecule has 0 fully saturated rings. The highest BCUT2D eigenvalue weighted by Gasteiger charge is 2.11. The Morgan fingerprint density at radius 2 is 1.81 bits per heavy atom. The number of ether oxygens (including phenoxy) is 1. The summed E-state index contributed by atoms with van der Waals surface area (Å²) in [6.45, 7) is 6.49. The van der Waals surface area contributed by atoms with E-state index in [9.17, 15) is 4.79 Å². The number of nitrogens with one attached hydrogen (secondary N) is 1. The molecule has 2 aromatic carbocycles. The maximum Gasteiger partial charge on any atom is 0.265 e. The number of carbonyl (C=O) groups is 1. The van der Waals surface area contributed by atoms with E-state index in [-0.39, 0.29) is 5.91 Å². The van der Waals surface area contributed by atoms with E-state index in [4.69, 9.17) is 16.3 Å². The number of benzene rings is 2. The van der Waals surface area contributed by atoms with E-state index < -0.39 is 0 Å². The van der Waals surface area contributed by atoms with Gasteiger partial charge in [-0.05, 0) is 73.2 Å². The first-order valence-electron chi connectivity index (χ1n) is 8.27. The van der Waals surface area contributed by atoms with E-state index in [1.165, 1.54) is 22.5 Å². The molecule has 3 rings (SSSR count). The third kappa shape index (κ3) is 4.45. The second-order valence-corrected chi connectivity index (χ2v) is 7.59. The first-order chi connectivity index (χ1) is 12.4. The van der Waals surface area contributed by atoms with Crippen molar-refractivity contribution < 1.29 is 9.53 Å². The smallest absolute Gasteiger partial charge is 0.265 e. The number of rotatable bonds is 5. The Hall–Kier alpha value is -2.30. The molecular weight excluding hydrogens is 366 g/mol. The molecule has 5 heteroatoms. The molecule has 1 aromatic heterocycles. The molecule has 0 saturated heterocycles. The fraction of sp³-hybridized carbons (Fsp3) is 0.190. The van der Waals surface area contributed by atoms with Crippen molar-refractivity contribution in [1.29, 1.82) is 0 Å². The zero-order valence-corrected chi connectivity index (χ0v) is 16.5. The van der Waals surface area contributed by atoms with Crippen LogP contribution in [0.5, 0.6) is 5.75 Å². The fourth-order valence-corrected chi connectivity index (χ4v) is 3.38. The third-order valence-corrected chi connectivity index (χ3v) is 5.58. The Labute approximate surface area is 162 Å². The normalized spacial score (nSPS) is 10.6. The molecule has 0 saturated carbocycles. The van der Waals surface area contributed by atoms with Crippen LogP contribution in [0.1, 0.15) is 31.9 Å². The highest BCUT2D eigenvalue weighted by atomic mass is 35.5. The summed E-state index contributed by atoms with van der Waals surface area (Å²) in [6.07, 6.45) is 0. The lowest BCUT2D eigenvalue weighted by Crippen LogP contribution is -2.10. The van der Waals surface area contributed by atoms with Crippen LogP contribution in [0.2, 0.25) is 5.02 Å². The maximum absolute atomic E-state index is 12.4. The van der Waals surface area contributed by atoms with Crippen LogP contribution >= 0.6 is 22.9 Å². The Morgan fingerprint density at radius 3 is 2.54 bits per heavy atom. The summed E-state index contributed by atoms with van der Waals surface area (Å²) in [4.78, 5) is 13.0. The van der Waals surface area contributed by atoms with Crippen molar-refractivity contribution in [3.8, 4) is 5.75 Å². The van der Waals surface area contributed by atoms with Gasteiger partial charge in [0.2, 0.25) is 0 Å². The molecule has 134 valence electrons. The number of hydrogen-bond donors (Lipinski definition) is 1. The molecule has 0 bridgehead atoms. The van der Waals surface area contributed by atoms with Crippen LogP contribution < -0.4 is 10.1 Å². The number of carbonyl (C=O) groups excluding carboxylic acids is 1. The summed E-state index contributed by atoms with van der Waals surface area (Å²) in [5.74, 6) is 0.687. The number of halogens is 1. The average Bonchev–Trinajstić information content (AvgIpc) is 3.08. The number of thiophene rings is 1. The van der Waals surface area contributed by atoms with Crippen molar-refractivity contribution in [2.75, 3.05) is 5.32 Å². The van der Waals surface area contributed by atoms with Crippen LogP contribution in [-0.4, -0.2) is 5.91 Å². The second kappa shape index (κ2) is 7.94. The van der Waals surface area contributed by atoms with Crippen LogP contribution in [0.4, 0.5) is 5.69 Å². The molecule has 1 amide bonds. The second-order valence-electron chi connectivity index (χ2n) is 6.27. The minimum atomic E-state index is -0.146. The van der Waals surface area contributed by atoms with Gasteiger partial charge in [0.1, 0.15) is 12.4 Å². The predicted octanol–water partition coefficient (Wildman–Crippen LogP) is 6.16. The third-order valence-electron chi connectivity index (χ3n) is 4.19. The Kier molecular flexibility index (Phi) is 5.64. The van der Waals surface area contributed by atoms with Crippen LogP contribution in [0.15, 0.2) is 47.8 Å². The quantitative estimate of drug-likeness (QED) is 0.571. The minimum Gasteiger partial charge on any atom is -0.489 e. The van der Waals surface area contributed by atoms with Gasteiger partial charge in [0.25, 0.3) is 5.91 Å². The van der Waals surface area contributed by atoms with Gasteiger partial charge in [0, 0.05) is 16.3 Å². The van der Waals surface area contributed by atoms with Crippen molar-refractivity contribution in [3.05, 3.63) is 80.0 Å². The van der Waals surface area contributed by atoms with Gasteiger partial charge in [-0.15, -0.1) is 11.3 Å². The largest absolute Gasteiger partial charge is 0.489 e. The van der Waals surface area contributed by atoms with E-state index in [1.54, 1.807) is 6.07 Å². The monoisotopic (exact) mass is 385 g/mol. The summed E-state index contributed by atoms with van der Waals surface area (Å²) in [5.41, 5.74) is 5.08. The number of aryl methyl sites for hydroxylation is 3. The summed E-state index contributed by atoms with van der Waals surface area (Å²) in [7, 11) is 0. The standard InChI is InChI=1S/C21H20ClNO2S/c1-13-5-7-18(8-15(13)3)25-11-16-9-20(26-12-16)21(24)23-17-6-4-14(2)19(22)10-17/h4-10,12H,11H2,1-3H3,(H,23,24).